The monoisotopic (exact) mass is 243 g/mol. The van der Waals surface area contributed by atoms with Crippen molar-refractivity contribution < 1.29 is 8.42 Å². The Bertz CT molecular complexity index is 427. The fourth-order valence-corrected chi connectivity index (χ4v) is 3.62. The normalized spacial score (nSPS) is 22.7. The molecule has 16 heavy (non-hydrogen) atoms. The van der Waals surface area contributed by atoms with E-state index in [0.717, 1.165) is 19.3 Å². The number of sulfonamides is 1. The van der Waals surface area contributed by atoms with Crippen molar-refractivity contribution in [3.05, 3.63) is 12.3 Å². The minimum Gasteiger partial charge on any atom is -0.266 e. The van der Waals surface area contributed by atoms with E-state index < -0.39 is 10.0 Å². The summed E-state index contributed by atoms with van der Waals surface area (Å²) in [5.74, 6) is 0.516. The van der Waals surface area contributed by atoms with Crippen LogP contribution in [0.3, 0.4) is 0 Å². The van der Waals surface area contributed by atoms with E-state index in [1.807, 2.05) is 0 Å². The molecule has 0 aliphatic carbocycles. The molecule has 90 valence electrons. The van der Waals surface area contributed by atoms with Crippen LogP contribution in [0.5, 0.6) is 0 Å². The van der Waals surface area contributed by atoms with Gasteiger partial charge in [0, 0.05) is 13.1 Å². The molecule has 1 aliphatic heterocycles. The molecule has 1 aliphatic rings. The maximum Gasteiger partial charge on any atom is 0.259 e. The van der Waals surface area contributed by atoms with Gasteiger partial charge in [-0.15, -0.1) is 0 Å². The fraction of sp³-hybridized carbons (Fsp3) is 0.700. The second-order valence-corrected chi connectivity index (χ2v) is 6.13. The van der Waals surface area contributed by atoms with Crippen molar-refractivity contribution in [1.29, 1.82) is 0 Å². The molecule has 0 amide bonds. The predicted molar refractivity (Wildman–Crippen MR) is 60.4 cm³/mol. The summed E-state index contributed by atoms with van der Waals surface area (Å²) in [5.41, 5.74) is 0. The van der Waals surface area contributed by atoms with E-state index in [1.165, 1.54) is 12.3 Å². The highest BCUT2D eigenvalue weighted by Crippen LogP contribution is 2.25. The van der Waals surface area contributed by atoms with Crippen molar-refractivity contribution in [3.63, 3.8) is 0 Å². The summed E-state index contributed by atoms with van der Waals surface area (Å²) in [6.07, 6.45) is 4.66. The van der Waals surface area contributed by atoms with Crippen LogP contribution < -0.4 is 0 Å². The van der Waals surface area contributed by atoms with Crippen LogP contribution in [0.4, 0.5) is 0 Å². The molecule has 0 aromatic carbocycles. The zero-order chi connectivity index (χ0) is 11.6. The average Bonchev–Trinajstić information content (AvgIpc) is 2.88. The zero-order valence-electron chi connectivity index (χ0n) is 9.39. The predicted octanol–water partition coefficient (Wildman–Crippen LogP) is 1.22. The van der Waals surface area contributed by atoms with Gasteiger partial charge < -0.3 is 0 Å². The quantitative estimate of drug-likeness (QED) is 0.864. The molecule has 2 rings (SSSR count). The first-order valence-electron chi connectivity index (χ1n) is 5.64. The van der Waals surface area contributed by atoms with Crippen molar-refractivity contribution in [2.24, 2.45) is 5.92 Å². The Kier molecular flexibility index (Phi) is 3.30. The van der Waals surface area contributed by atoms with Gasteiger partial charge in [0.1, 0.15) is 0 Å². The van der Waals surface area contributed by atoms with Gasteiger partial charge in [0.2, 0.25) is 0 Å². The average molecular weight is 243 g/mol. The van der Waals surface area contributed by atoms with Gasteiger partial charge in [-0.25, -0.2) is 8.42 Å². The Morgan fingerprint density at radius 2 is 2.44 bits per heavy atom. The van der Waals surface area contributed by atoms with Crippen molar-refractivity contribution in [3.8, 4) is 0 Å². The molecule has 6 heteroatoms. The van der Waals surface area contributed by atoms with E-state index >= 15 is 0 Å². The Labute approximate surface area is 95.9 Å². The van der Waals surface area contributed by atoms with E-state index in [4.69, 9.17) is 0 Å². The van der Waals surface area contributed by atoms with E-state index in [2.05, 4.69) is 17.1 Å². The summed E-state index contributed by atoms with van der Waals surface area (Å²) in [7, 11) is -3.33. The van der Waals surface area contributed by atoms with Gasteiger partial charge in [-0.1, -0.05) is 13.3 Å². The topological polar surface area (TPSA) is 66.1 Å². The molecule has 0 radical (unpaired) electrons. The number of rotatable bonds is 4. The third kappa shape index (κ3) is 2.12. The maximum absolute atomic E-state index is 12.1. The third-order valence-electron chi connectivity index (χ3n) is 3.04. The molecule has 5 nitrogen and oxygen atoms in total. The number of nitrogens with one attached hydrogen (secondary N) is 1. The lowest BCUT2D eigenvalue weighted by atomic mass is 10.0. The Balaban J connectivity index is 2.10. The second-order valence-electron chi connectivity index (χ2n) is 4.23. The molecule has 1 aromatic heterocycles. The summed E-state index contributed by atoms with van der Waals surface area (Å²) in [5, 5.41) is 6.40. The summed E-state index contributed by atoms with van der Waals surface area (Å²) in [6, 6.07) is 1.50. The van der Waals surface area contributed by atoms with Gasteiger partial charge >= 0.3 is 0 Å². The van der Waals surface area contributed by atoms with Crippen LogP contribution in [0.1, 0.15) is 26.2 Å². The summed E-state index contributed by atoms with van der Waals surface area (Å²) < 4.78 is 25.8. The zero-order valence-corrected chi connectivity index (χ0v) is 10.2. The lowest BCUT2D eigenvalue weighted by molar-refractivity contribution is 0.442. The minimum atomic E-state index is -3.33. The first-order chi connectivity index (χ1) is 7.64. The molecule has 1 atom stereocenters. The van der Waals surface area contributed by atoms with E-state index in [1.54, 1.807) is 4.31 Å². The standard InChI is InChI=1S/C10H17N3O2S/c1-2-3-9-5-7-13(8-9)16(14,15)10-4-6-11-12-10/h4,6,9H,2-3,5,7-8H2,1H3,(H,11,12). The number of aromatic amines is 1. The highest BCUT2D eigenvalue weighted by molar-refractivity contribution is 7.89. The van der Waals surface area contributed by atoms with Crippen molar-refractivity contribution in [2.75, 3.05) is 13.1 Å². The van der Waals surface area contributed by atoms with Gasteiger partial charge in [0.05, 0.1) is 6.20 Å². The molecule has 1 fully saturated rings. The molecule has 1 N–H and O–H groups in total. The van der Waals surface area contributed by atoms with Gasteiger partial charge in [-0.3, -0.25) is 5.10 Å². The minimum absolute atomic E-state index is 0.199. The van der Waals surface area contributed by atoms with Gasteiger partial charge in [-0.2, -0.15) is 9.40 Å². The molecular formula is C10H17N3O2S. The molecule has 1 saturated heterocycles. The summed E-state index contributed by atoms with van der Waals surface area (Å²) in [6.45, 7) is 3.41. The van der Waals surface area contributed by atoms with Crippen LogP contribution in [-0.2, 0) is 10.0 Å². The lowest BCUT2D eigenvalue weighted by Gasteiger charge is -2.14. The number of nitrogens with zero attached hydrogens (tertiary/aromatic N) is 2. The van der Waals surface area contributed by atoms with E-state index in [9.17, 15) is 8.42 Å². The third-order valence-corrected chi connectivity index (χ3v) is 4.83. The molecular weight excluding hydrogens is 226 g/mol. The lowest BCUT2D eigenvalue weighted by Crippen LogP contribution is -2.29. The van der Waals surface area contributed by atoms with Crippen LogP contribution in [0.15, 0.2) is 17.3 Å². The maximum atomic E-state index is 12.1. The molecule has 0 bridgehead atoms. The second kappa shape index (κ2) is 4.55. The number of hydrogen-bond acceptors (Lipinski definition) is 3. The van der Waals surface area contributed by atoms with Crippen molar-refractivity contribution >= 4 is 10.0 Å². The largest absolute Gasteiger partial charge is 0.266 e. The summed E-state index contributed by atoms with van der Waals surface area (Å²) >= 11 is 0. The molecule has 0 spiro atoms. The first-order valence-corrected chi connectivity index (χ1v) is 7.08. The van der Waals surface area contributed by atoms with Crippen LogP contribution in [0.25, 0.3) is 0 Å². The molecule has 2 heterocycles. The number of H-pyrrole nitrogens is 1. The number of hydrogen-bond donors (Lipinski definition) is 1. The van der Waals surface area contributed by atoms with Crippen LogP contribution >= 0.6 is 0 Å². The smallest absolute Gasteiger partial charge is 0.259 e. The Morgan fingerprint density at radius 1 is 1.62 bits per heavy atom. The molecule has 1 unspecified atom stereocenters. The Morgan fingerprint density at radius 3 is 3.06 bits per heavy atom. The highest BCUT2D eigenvalue weighted by Gasteiger charge is 2.32. The Hall–Kier alpha value is -0.880. The van der Waals surface area contributed by atoms with Crippen molar-refractivity contribution in [1.82, 2.24) is 14.5 Å². The van der Waals surface area contributed by atoms with Crippen LogP contribution in [-0.4, -0.2) is 36.0 Å². The molecule has 1 aromatic rings. The highest BCUT2D eigenvalue weighted by atomic mass is 32.2. The van der Waals surface area contributed by atoms with Gasteiger partial charge in [0.25, 0.3) is 10.0 Å². The van der Waals surface area contributed by atoms with Crippen LogP contribution in [0.2, 0.25) is 0 Å². The van der Waals surface area contributed by atoms with E-state index in [-0.39, 0.29) is 5.03 Å². The first kappa shape index (κ1) is 11.6. The fourth-order valence-electron chi connectivity index (χ4n) is 2.19. The van der Waals surface area contributed by atoms with Crippen molar-refractivity contribution in [2.45, 2.75) is 31.2 Å². The van der Waals surface area contributed by atoms with Gasteiger partial charge in [0.15, 0.2) is 5.03 Å². The van der Waals surface area contributed by atoms with Crippen LogP contribution in [0, 0.1) is 5.92 Å². The van der Waals surface area contributed by atoms with E-state index in [0.29, 0.717) is 19.0 Å². The SMILES string of the molecule is CCCC1CCN(S(=O)(=O)c2ccn[nH]2)C1. The molecule has 0 saturated carbocycles. The number of aromatic nitrogens is 2. The van der Waals surface area contributed by atoms with Gasteiger partial charge in [-0.05, 0) is 24.8 Å². The summed E-state index contributed by atoms with van der Waals surface area (Å²) in [4.78, 5) is 0.